The van der Waals surface area contributed by atoms with Gasteiger partial charge in [0.05, 0.1) is 42.0 Å². The molecule has 1 aliphatic heterocycles. The number of oxazole rings is 1. The van der Waals surface area contributed by atoms with Crippen molar-refractivity contribution < 1.29 is 22.7 Å². The van der Waals surface area contributed by atoms with Crippen LogP contribution < -0.4 is 10.2 Å². The highest BCUT2D eigenvalue weighted by molar-refractivity contribution is 5.89. The molecule has 0 saturated carbocycles. The molecule has 1 aliphatic rings. The molecule has 3 aromatic heterocycles. The number of anilines is 1. The lowest BCUT2D eigenvalue weighted by Crippen LogP contribution is -2.35. The van der Waals surface area contributed by atoms with Crippen molar-refractivity contribution in [2.75, 3.05) is 31.2 Å². The summed E-state index contributed by atoms with van der Waals surface area (Å²) >= 11 is 0. The Kier molecular flexibility index (Phi) is 6.63. The molecule has 0 unspecified atom stereocenters. The van der Waals surface area contributed by atoms with E-state index in [9.17, 15) is 13.6 Å². The van der Waals surface area contributed by atoms with E-state index in [1.807, 2.05) is 33.0 Å². The van der Waals surface area contributed by atoms with Crippen LogP contribution in [0.4, 0.5) is 14.5 Å². The molecule has 0 bridgehead atoms. The van der Waals surface area contributed by atoms with Crippen LogP contribution in [-0.2, 0) is 16.7 Å². The third kappa shape index (κ3) is 5.17. The van der Waals surface area contributed by atoms with E-state index in [0.717, 1.165) is 18.8 Å². The van der Waals surface area contributed by atoms with Crippen LogP contribution in [0.5, 0.6) is 0 Å². The first-order valence-corrected chi connectivity index (χ1v) is 12.0. The minimum Gasteiger partial charge on any atom is -0.441 e. The average Bonchev–Trinajstić information content (AvgIpc) is 3.55. The maximum absolute atomic E-state index is 14.1. The maximum atomic E-state index is 14.1. The maximum Gasteiger partial charge on any atom is 0.307 e. The molecule has 0 spiro atoms. The zero-order valence-corrected chi connectivity index (χ0v) is 20.9. The van der Waals surface area contributed by atoms with Gasteiger partial charge in [-0.2, -0.15) is 5.10 Å². The lowest BCUT2D eigenvalue weighted by atomic mass is 9.93. The SMILES string of the molecule is CC(C)(C)c1coc(C(=O)NCc2ccc(-c3ncnn4cc(N5CCOCC5)cc34)cc2C(F)F)n1. The number of aromatic nitrogens is 4. The molecule has 1 saturated heterocycles. The van der Waals surface area contributed by atoms with Crippen molar-refractivity contribution >= 4 is 17.1 Å². The number of benzene rings is 1. The van der Waals surface area contributed by atoms with E-state index in [1.165, 1.54) is 18.7 Å². The molecule has 11 heteroatoms. The van der Waals surface area contributed by atoms with Gasteiger partial charge in [0.2, 0.25) is 0 Å². The second kappa shape index (κ2) is 9.89. The Morgan fingerprint density at radius 3 is 2.68 bits per heavy atom. The van der Waals surface area contributed by atoms with E-state index in [0.29, 0.717) is 41.2 Å². The van der Waals surface area contributed by atoms with Crippen LogP contribution in [-0.4, -0.2) is 51.8 Å². The first-order valence-electron chi connectivity index (χ1n) is 12.0. The van der Waals surface area contributed by atoms with Crippen LogP contribution in [0.15, 0.2) is 47.5 Å². The van der Waals surface area contributed by atoms with Crippen molar-refractivity contribution in [3.8, 4) is 11.3 Å². The number of amides is 1. The van der Waals surface area contributed by atoms with Gasteiger partial charge in [-0.05, 0) is 17.7 Å². The summed E-state index contributed by atoms with van der Waals surface area (Å²) in [6.45, 7) is 8.57. The number of ether oxygens (including phenoxy) is 1. The smallest absolute Gasteiger partial charge is 0.307 e. The summed E-state index contributed by atoms with van der Waals surface area (Å²) in [7, 11) is 0. The monoisotopic (exact) mass is 510 g/mol. The average molecular weight is 511 g/mol. The van der Waals surface area contributed by atoms with Gasteiger partial charge in [0.25, 0.3) is 12.3 Å². The molecule has 9 nitrogen and oxygen atoms in total. The number of carbonyl (C=O) groups is 1. The predicted molar refractivity (Wildman–Crippen MR) is 133 cm³/mol. The minimum atomic E-state index is -2.74. The Morgan fingerprint density at radius 1 is 1.19 bits per heavy atom. The second-order valence-electron chi connectivity index (χ2n) is 9.92. The van der Waals surface area contributed by atoms with Crippen LogP contribution in [0.1, 0.15) is 54.7 Å². The van der Waals surface area contributed by atoms with Crippen LogP contribution in [0, 0.1) is 0 Å². The number of morpholine rings is 1. The van der Waals surface area contributed by atoms with E-state index >= 15 is 0 Å². The Bertz CT molecular complexity index is 1420. The van der Waals surface area contributed by atoms with Crippen LogP contribution in [0.25, 0.3) is 16.8 Å². The fraction of sp³-hybridized carbons (Fsp3) is 0.385. The largest absolute Gasteiger partial charge is 0.441 e. The van der Waals surface area contributed by atoms with E-state index < -0.39 is 12.3 Å². The summed E-state index contributed by atoms with van der Waals surface area (Å²) in [4.78, 5) is 23.3. The van der Waals surface area contributed by atoms with Gasteiger partial charge in [-0.1, -0.05) is 32.9 Å². The van der Waals surface area contributed by atoms with Gasteiger partial charge in [-0.25, -0.2) is 23.3 Å². The highest BCUT2D eigenvalue weighted by Gasteiger charge is 2.23. The van der Waals surface area contributed by atoms with Crippen molar-refractivity contribution in [3.05, 3.63) is 65.8 Å². The summed E-state index contributed by atoms with van der Waals surface area (Å²) in [6, 6.07) is 6.68. The first-order chi connectivity index (χ1) is 17.7. The number of carbonyl (C=O) groups excluding carboxylic acids is 1. The molecular weight excluding hydrogens is 482 g/mol. The fourth-order valence-electron chi connectivity index (χ4n) is 4.21. The molecule has 37 heavy (non-hydrogen) atoms. The summed E-state index contributed by atoms with van der Waals surface area (Å²) < 4.78 is 40.5. The summed E-state index contributed by atoms with van der Waals surface area (Å²) in [5.74, 6) is -0.672. The molecule has 4 aromatic rings. The molecule has 1 amide bonds. The number of nitrogens with one attached hydrogen (secondary N) is 1. The van der Waals surface area contributed by atoms with Crippen LogP contribution in [0.2, 0.25) is 0 Å². The highest BCUT2D eigenvalue weighted by atomic mass is 19.3. The predicted octanol–water partition coefficient (Wildman–Crippen LogP) is 4.39. The number of fused-ring (bicyclic) bond motifs is 1. The van der Waals surface area contributed by atoms with Gasteiger partial charge in [-0.15, -0.1) is 0 Å². The Labute approximate surface area is 212 Å². The molecule has 1 aromatic carbocycles. The third-order valence-corrected chi connectivity index (χ3v) is 6.33. The minimum absolute atomic E-state index is 0.0997. The van der Waals surface area contributed by atoms with Gasteiger partial charge < -0.3 is 19.4 Å². The lowest BCUT2D eigenvalue weighted by molar-refractivity contribution is 0.0914. The second-order valence-corrected chi connectivity index (χ2v) is 9.92. The molecule has 0 aliphatic carbocycles. The molecular formula is C26H28F2N6O3. The standard InChI is InChI=1S/C26H28F2N6O3/c1-26(2,3)21-14-37-25(32-21)24(35)29-12-17-5-4-16(10-19(17)23(27)28)22-20-11-18(13-34(20)31-15-30-22)33-6-8-36-9-7-33/h4-5,10-11,13-15,23H,6-9,12H2,1-3H3,(H,29,35). The normalized spacial score (nSPS) is 14.5. The van der Waals surface area contributed by atoms with E-state index in [-0.39, 0.29) is 23.4 Å². The van der Waals surface area contributed by atoms with Crippen molar-refractivity contribution in [1.29, 1.82) is 0 Å². The van der Waals surface area contributed by atoms with Crippen molar-refractivity contribution in [1.82, 2.24) is 24.9 Å². The number of rotatable bonds is 6. The number of hydrogen-bond acceptors (Lipinski definition) is 7. The third-order valence-electron chi connectivity index (χ3n) is 6.33. The Morgan fingerprint density at radius 2 is 1.97 bits per heavy atom. The summed E-state index contributed by atoms with van der Waals surface area (Å²) in [5, 5.41) is 6.92. The molecule has 0 radical (unpaired) electrons. The Balaban J connectivity index is 1.39. The van der Waals surface area contributed by atoms with E-state index in [1.54, 1.807) is 16.6 Å². The van der Waals surface area contributed by atoms with Gasteiger partial charge >= 0.3 is 5.91 Å². The fourth-order valence-corrected chi connectivity index (χ4v) is 4.21. The van der Waals surface area contributed by atoms with Crippen molar-refractivity contribution in [3.63, 3.8) is 0 Å². The van der Waals surface area contributed by atoms with Crippen LogP contribution in [0.3, 0.4) is 0 Å². The van der Waals surface area contributed by atoms with Crippen molar-refractivity contribution in [2.24, 2.45) is 0 Å². The molecule has 1 fully saturated rings. The number of nitrogens with zero attached hydrogens (tertiary/aromatic N) is 5. The van der Waals surface area contributed by atoms with Crippen LogP contribution >= 0.6 is 0 Å². The zero-order chi connectivity index (χ0) is 26.2. The van der Waals surface area contributed by atoms with E-state index in [4.69, 9.17) is 9.15 Å². The van der Waals surface area contributed by atoms with Gasteiger partial charge in [0, 0.05) is 36.2 Å². The summed E-state index contributed by atoms with van der Waals surface area (Å²) in [5.41, 5.74) is 3.22. The molecule has 4 heterocycles. The molecule has 0 atom stereocenters. The Hall–Kier alpha value is -3.86. The lowest BCUT2D eigenvalue weighted by Gasteiger charge is -2.27. The topological polar surface area (TPSA) is 97.8 Å². The van der Waals surface area contributed by atoms with Gasteiger partial charge in [-0.3, -0.25) is 4.79 Å². The summed E-state index contributed by atoms with van der Waals surface area (Å²) in [6.07, 6.45) is 2.00. The van der Waals surface area contributed by atoms with Gasteiger partial charge in [0.15, 0.2) is 0 Å². The van der Waals surface area contributed by atoms with E-state index in [2.05, 4.69) is 25.3 Å². The van der Waals surface area contributed by atoms with Crippen molar-refractivity contribution in [2.45, 2.75) is 39.2 Å². The first kappa shape index (κ1) is 24.8. The number of hydrogen-bond donors (Lipinski definition) is 1. The highest BCUT2D eigenvalue weighted by Crippen LogP contribution is 2.32. The van der Waals surface area contributed by atoms with Gasteiger partial charge in [0.1, 0.15) is 12.6 Å². The molecule has 194 valence electrons. The molecule has 1 N–H and O–H groups in total. The number of halogens is 2. The molecule has 5 rings (SSSR count). The quantitative estimate of drug-likeness (QED) is 0.411. The number of alkyl halides is 2. The zero-order valence-electron chi connectivity index (χ0n) is 20.9.